The molecule has 2 aliphatic heterocycles. The molecule has 0 radical (unpaired) electrons. The molecule has 2 aliphatic rings. The monoisotopic (exact) mass is 950 g/mol. The molecule has 16 heteroatoms. The minimum atomic E-state index is -0.693. The van der Waals surface area contributed by atoms with Crippen LogP contribution in [0.5, 0.6) is 0 Å². The number of amides is 1. The molecule has 0 aromatic carbocycles. The molecule has 2 aromatic rings. The Kier molecular flexibility index (Phi) is 30.3. The van der Waals surface area contributed by atoms with E-state index in [0.717, 1.165) is 37.1 Å². The zero-order chi connectivity index (χ0) is 51.7. The summed E-state index contributed by atoms with van der Waals surface area (Å²) in [5, 5.41) is 9.83. The lowest BCUT2D eigenvalue weighted by Crippen LogP contribution is -2.53. The maximum absolute atomic E-state index is 11.7. The van der Waals surface area contributed by atoms with E-state index in [9.17, 15) is 24.3 Å². The van der Waals surface area contributed by atoms with E-state index >= 15 is 0 Å². The normalized spacial score (nSPS) is 21.1. The highest BCUT2D eigenvalue weighted by atomic mass is 16.7. The number of carbonyl (C=O) groups is 4. The third-order valence-electron chi connectivity index (χ3n) is 11.9. The number of hydrogen-bond acceptors (Lipinski definition) is 14. The van der Waals surface area contributed by atoms with E-state index in [2.05, 4.69) is 27.7 Å². The smallest absolute Gasteiger partial charge is 0.410 e. The predicted molar refractivity (Wildman–Crippen MR) is 263 cm³/mol. The number of ketones is 2. The van der Waals surface area contributed by atoms with Crippen molar-refractivity contribution < 1.29 is 52.7 Å². The lowest BCUT2D eigenvalue weighted by atomic mass is 9.87. The minimum absolute atomic E-state index is 0.0925. The number of carbonyl (C=O) groups excluding carboxylic acids is 4. The van der Waals surface area contributed by atoms with Crippen LogP contribution in [0.2, 0.25) is 0 Å². The standard InChI is InChI=1S/C13H17N3.C11H20O4.C11H22O2.C9H19NO3.C7H13NO2/c1-2-3-4-8-16-10-13(15-11-16)12-6-5-7-14-9-12;1-5-6-15-11(13)9(3)10(12)8(2)7-14-4;1-8(2)10(12)9(3)7-11(4,5)13-6;1-6-5-7(10(2)3)8(11)9(12-4)13-6;1-5-7(2,3)10-6(9)8(5)4/h5-7,9-11H,2-4,8H2,1H3;8-9H,5-7H2,1-4H3;8-9H,7H2,1-6H3;6-9,11H,5H2,1-4H3;5H,1-4H3/t;8-,9-;9-;6-,7+,8-,9-;5-/m.1011/s1. The van der Waals surface area contributed by atoms with Gasteiger partial charge in [0.05, 0.1) is 43.0 Å². The van der Waals surface area contributed by atoms with Gasteiger partial charge in [-0.3, -0.25) is 19.4 Å². The molecule has 1 N–H and O–H groups in total. The third-order valence-corrected chi connectivity index (χ3v) is 11.9. The SMILES string of the molecule is CCCCCn1cnc(-c2cccnc2)c1.CCCOC(=O)[C@H](C)C(=O)[C@H](C)COC.COC(C)(C)C[C@H](C)C(=O)C(C)C.CO[C@@H]1O[C@H](C)C[C@H](N(C)C)[C@H]1O.C[C@H]1N(C)C(=O)OC1(C)C. The Morgan fingerprint density at radius 3 is 2.09 bits per heavy atom. The molecule has 0 spiro atoms. The molecule has 0 aliphatic carbocycles. The number of methoxy groups -OCH3 is 3. The van der Waals surface area contributed by atoms with E-state index in [0.29, 0.717) is 19.0 Å². The van der Waals surface area contributed by atoms with Gasteiger partial charge in [0, 0.05) is 82.9 Å². The number of nitrogens with zero attached hydrogens (tertiary/aromatic N) is 5. The number of unbranched alkanes of at least 4 members (excludes halogenated alkanes) is 2. The number of rotatable bonds is 19. The number of aliphatic hydroxyl groups excluding tert-OH is 1. The number of Topliss-reactive ketones (excluding diaryl/α,β-unsaturated/α-hetero) is 2. The summed E-state index contributed by atoms with van der Waals surface area (Å²) in [4.78, 5) is 57.6. The highest BCUT2D eigenvalue weighted by Crippen LogP contribution is 2.27. The quantitative estimate of drug-likeness (QED) is 0.0804. The average Bonchev–Trinajstić information content (AvgIpc) is 3.83. The summed E-state index contributed by atoms with van der Waals surface area (Å²) >= 11 is 0. The Hall–Kier alpha value is -3.80. The second kappa shape index (κ2) is 32.1. The van der Waals surface area contributed by atoms with Gasteiger partial charge in [0.15, 0.2) is 12.1 Å². The number of cyclic esters (lactones) is 1. The predicted octanol–water partition coefficient (Wildman–Crippen LogP) is 8.52. The van der Waals surface area contributed by atoms with Gasteiger partial charge in [-0.2, -0.15) is 0 Å². The number of imidazole rings is 1. The van der Waals surface area contributed by atoms with E-state index < -0.39 is 24.3 Å². The van der Waals surface area contributed by atoms with E-state index in [4.69, 9.17) is 28.4 Å². The minimum Gasteiger partial charge on any atom is -0.465 e. The molecule has 386 valence electrons. The van der Waals surface area contributed by atoms with E-state index in [1.807, 2.05) is 113 Å². The molecule has 0 bridgehead atoms. The van der Waals surface area contributed by atoms with Crippen LogP contribution in [0.3, 0.4) is 0 Å². The average molecular weight is 950 g/mol. The van der Waals surface area contributed by atoms with Crippen LogP contribution in [0.25, 0.3) is 11.3 Å². The maximum Gasteiger partial charge on any atom is 0.410 e. The fraction of sp³-hybridized carbons (Fsp3) is 0.765. The summed E-state index contributed by atoms with van der Waals surface area (Å²) in [5.41, 5.74) is 1.57. The van der Waals surface area contributed by atoms with Crippen molar-refractivity contribution >= 4 is 23.6 Å². The zero-order valence-corrected chi connectivity index (χ0v) is 44.8. The van der Waals surface area contributed by atoms with Gasteiger partial charge >= 0.3 is 12.1 Å². The van der Waals surface area contributed by atoms with Crippen LogP contribution in [0.15, 0.2) is 37.1 Å². The van der Waals surface area contributed by atoms with E-state index in [1.165, 1.54) is 26.4 Å². The van der Waals surface area contributed by atoms with Crippen LogP contribution in [0.1, 0.15) is 129 Å². The molecule has 1 amide bonds. The van der Waals surface area contributed by atoms with Crippen molar-refractivity contribution in [1.29, 1.82) is 0 Å². The molecular weight excluding hydrogens is 859 g/mol. The second-order valence-electron chi connectivity index (χ2n) is 19.3. The Morgan fingerprint density at radius 2 is 1.64 bits per heavy atom. The van der Waals surface area contributed by atoms with E-state index in [-0.39, 0.29) is 59.0 Å². The van der Waals surface area contributed by atoms with Crippen LogP contribution in [-0.2, 0) is 49.3 Å². The summed E-state index contributed by atoms with van der Waals surface area (Å²) in [6, 6.07) is 4.26. The number of hydrogen-bond donors (Lipinski definition) is 1. The molecule has 16 nitrogen and oxygen atoms in total. The maximum atomic E-state index is 11.7. The number of ether oxygens (including phenoxy) is 6. The molecule has 4 heterocycles. The summed E-state index contributed by atoms with van der Waals surface area (Å²) in [6.45, 7) is 26.9. The highest BCUT2D eigenvalue weighted by Gasteiger charge is 2.42. The van der Waals surface area contributed by atoms with Gasteiger partial charge in [-0.15, -0.1) is 0 Å². The van der Waals surface area contributed by atoms with Crippen LogP contribution in [0, 0.1) is 23.7 Å². The molecule has 2 fully saturated rings. The molecule has 2 saturated heterocycles. The number of pyridine rings is 1. The van der Waals surface area contributed by atoms with Crippen molar-refractivity contribution in [3.05, 3.63) is 37.1 Å². The van der Waals surface area contributed by atoms with Crippen molar-refractivity contribution in [3.63, 3.8) is 0 Å². The molecule has 67 heavy (non-hydrogen) atoms. The van der Waals surface area contributed by atoms with Crippen LogP contribution < -0.4 is 0 Å². The first-order valence-electron chi connectivity index (χ1n) is 23.9. The van der Waals surface area contributed by atoms with Crippen molar-refractivity contribution in [3.8, 4) is 11.3 Å². The molecule has 8 atom stereocenters. The molecule has 4 rings (SSSR count). The number of likely N-dealkylation sites (N-methyl/N-ethyl adjacent to an activating group) is 2. The van der Waals surface area contributed by atoms with Crippen LogP contribution in [0.4, 0.5) is 4.79 Å². The number of esters is 1. The highest BCUT2D eigenvalue weighted by molar-refractivity contribution is 5.99. The van der Waals surface area contributed by atoms with Gasteiger partial charge in [-0.25, -0.2) is 9.78 Å². The van der Waals surface area contributed by atoms with Gasteiger partial charge in [-0.05, 0) is 100 Å². The first-order chi connectivity index (χ1) is 31.2. The van der Waals surface area contributed by atoms with Crippen LogP contribution >= 0.6 is 0 Å². The summed E-state index contributed by atoms with van der Waals surface area (Å²) < 4.78 is 32.7. The number of aliphatic hydroxyl groups is 1. The molecular formula is C51H91N5O11. The Labute approximate surface area is 404 Å². The summed E-state index contributed by atoms with van der Waals surface area (Å²) in [7, 11) is 10.4. The molecule has 0 saturated carbocycles. The Bertz CT molecular complexity index is 1690. The third kappa shape index (κ3) is 23.4. The molecule has 0 unspecified atom stereocenters. The molecule has 2 aromatic heterocycles. The van der Waals surface area contributed by atoms with Gasteiger partial charge in [-0.1, -0.05) is 54.4 Å². The first kappa shape index (κ1) is 63.2. The lowest BCUT2D eigenvalue weighted by molar-refractivity contribution is -0.242. The number of aryl methyl sites for hydroxylation is 1. The fourth-order valence-electron chi connectivity index (χ4n) is 7.13. The van der Waals surface area contributed by atoms with Crippen molar-refractivity contribution in [2.75, 3.05) is 55.7 Å². The van der Waals surface area contributed by atoms with Gasteiger partial charge in [0.2, 0.25) is 0 Å². The largest absolute Gasteiger partial charge is 0.465 e. The van der Waals surface area contributed by atoms with Gasteiger partial charge in [0.25, 0.3) is 0 Å². The van der Waals surface area contributed by atoms with Crippen molar-refractivity contribution in [2.24, 2.45) is 23.7 Å². The second-order valence-corrected chi connectivity index (χ2v) is 19.3. The summed E-state index contributed by atoms with van der Waals surface area (Å²) in [6.07, 6.45) is 12.6. The number of aromatic nitrogens is 3. The lowest BCUT2D eigenvalue weighted by Gasteiger charge is -2.40. The van der Waals surface area contributed by atoms with Crippen molar-refractivity contribution in [2.45, 2.75) is 177 Å². The Balaban J connectivity index is 0.000000819. The van der Waals surface area contributed by atoms with Crippen LogP contribution in [-0.4, -0.2) is 151 Å². The zero-order valence-electron chi connectivity index (χ0n) is 44.8. The topological polar surface area (TPSA) is 181 Å². The van der Waals surface area contributed by atoms with Crippen molar-refractivity contribution in [1.82, 2.24) is 24.3 Å². The van der Waals surface area contributed by atoms with Gasteiger partial charge < -0.3 is 47.9 Å². The van der Waals surface area contributed by atoms with Gasteiger partial charge in [0.1, 0.15) is 23.4 Å². The van der Waals surface area contributed by atoms with E-state index in [1.54, 1.807) is 46.2 Å². The summed E-state index contributed by atoms with van der Waals surface area (Å²) in [5.74, 6) is -0.980. The first-order valence-corrected chi connectivity index (χ1v) is 23.9. The fourth-order valence-corrected chi connectivity index (χ4v) is 7.13. The Morgan fingerprint density at radius 1 is 1.00 bits per heavy atom.